The van der Waals surface area contributed by atoms with E-state index in [0.717, 1.165) is 18.4 Å². The molecule has 1 aromatic heterocycles. The number of hydrogen-bond donors (Lipinski definition) is 1. The second-order valence-corrected chi connectivity index (χ2v) is 5.11. The summed E-state index contributed by atoms with van der Waals surface area (Å²) in [4.78, 5) is 4.04. The summed E-state index contributed by atoms with van der Waals surface area (Å²) in [6.45, 7) is 5.74. The van der Waals surface area contributed by atoms with Crippen molar-refractivity contribution in [3.63, 3.8) is 0 Å². The molecule has 16 heavy (non-hydrogen) atoms. The molecule has 2 nitrogen and oxygen atoms in total. The minimum atomic E-state index is 0.692. The minimum Gasteiger partial charge on any atom is -0.310 e. The van der Waals surface area contributed by atoms with Crippen molar-refractivity contribution < 1.29 is 0 Å². The highest BCUT2D eigenvalue weighted by Crippen LogP contribution is 2.29. The summed E-state index contributed by atoms with van der Waals surface area (Å²) in [5.41, 5.74) is 1.33. The van der Waals surface area contributed by atoms with Crippen LogP contribution < -0.4 is 5.32 Å². The highest BCUT2D eigenvalue weighted by Gasteiger charge is 2.26. The van der Waals surface area contributed by atoms with Gasteiger partial charge in [-0.2, -0.15) is 0 Å². The zero-order chi connectivity index (χ0) is 11.4. The van der Waals surface area contributed by atoms with Gasteiger partial charge in [0.15, 0.2) is 0 Å². The van der Waals surface area contributed by atoms with Gasteiger partial charge in [0.2, 0.25) is 0 Å². The van der Waals surface area contributed by atoms with Crippen molar-refractivity contribution >= 4 is 0 Å². The van der Waals surface area contributed by atoms with Crippen molar-refractivity contribution in [2.45, 2.75) is 45.7 Å². The molecular formula is C14H22N2. The molecule has 0 saturated heterocycles. The second-order valence-electron chi connectivity index (χ2n) is 5.11. The first-order valence-corrected chi connectivity index (χ1v) is 6.39. The van der Waals surface area contributed by atoms with Gasteiger partial charge in [-0.1, -0.05) is 26.7 Å². The summed E-state index contributed by atoms with van der Waals surface area (Å²) < 4.78 is 0. The summed E-state index contributed by atoms with van der Waals surface area (Å²) in [5.74, 6) is 1.67. The van der Waals surface area contributed by atoms with Crippen LogP contribution in [-0.4, -0.2) is 11.0 Å². The van der Waals surface area contributed by atoms with Crippen LogP contribution in [0.3, 0.4) is 0 Å². The predicted octanol–water partition coefficient (Wildman–Crippen LogP) is 3.00. The fraction of sp³-hybridized carbons (Fsp3) is 0.643. The van der Waals surface area contributed by atoms with Crippen LogP contribution in [0.4, 0.5) is 0 Å². The van der Waals surface area contributed by atoms with E-state index in [9.17, 15) is 0 Å². The molecule has 1 saturated carbocycles. The van der Waals surface area contributed by atoms with E-state index in [0.29, 0.717) is 6.04 Å². The molecule has 0 bridgehead atoms. The minimum absolute atomic E-state index is 0.692. The second kappa shape index (κ2) is 5.44. The van der Waals surface area contributed by atoms with Gasteiger partial charge < -0.3 is 5.32 Å². The lowest BCUT2D eigenvalue weighted by Gasteiger charge is -2.34. The van der Waals surface area contributed by atoms with Crippen LogP contribution in [0.2, 0.25) is 0 Å². The lowest BCUT2D eigenvalue weighted by atomic mass is 9.78. The maximum atomic E-state index is 4.04. The van der Waals surface area contributed by atoms with E-state index in [-0.39, 0.29) is 0 Å². The molecule has 3 atom stereocenters. The molecule has 1 aromatic rings. The highest BCUT2D eigenvalue weighted by atomic mass is 14.9. The van der Waals surface area contributed by atoms with Gasteiger partial charge in [0.05, 0.1) is 0 Å². The molecule has 0 aliphatic heterocycles. The first-order valence-electron chi connectivity index (χ1n) is 6.39. The summed E-state index contributed by atoms with van der Waals surface area (Å²) in [5, 5.41) is 3.69. The van der Waals surface area contributed by atoms with Crippen molar-refractivity contribution in [1.29, 1.82) is 0 Å². The maximum Gasteiger partial charge on any atom is 0.0271 e. The van der Waals surface area contributed by atoms with Gasteiger partial charge in [-0.15, -0.1) is 0 Å². The molecule has 1 aliphatic rings. The lowest BCUT2D eigenvalue weighted by Crippen LogP contribution is -2.40. The van der Waals surface area contributed by atoms with Gasteiger partial charge >= 0.3 is 0 Å². The lowest BCUT2D eigenvalue weighted by molar-refractivity contribution is 0.206. The Balaban J connectivity index is 1.85. The van der Waals surface area contributed by atoms with Gasteiger partial charge in [0.25, 0.3) is 0 Å². The highest BCUT2D eigenvalue weighted by molar-refractivity contribution is 5.09. The molecule has 3 unspecified atom stereocenters. The molecule has 1 heterocycles. The Morgan fingerprint density at radius 3 is 2.75 bits per heavy atom. The number of pyridine rings is 1. The average molecular weight is 218 g/mol. The van der Waals surface area contributed by atoms with E-state index in [1.165, 1.54) is 24.8 Å². The van der Waals surface area contributed by atoms with Gasteiger partial charge in [-0.25, -0.2) is 0 Å². The molecule has 1 N–H and O–H groups in total. The molecule has 88 valence electrons. The number of aromatic nitrogens is 1. The van der Waals surface area contributed by atoms with Crippen LogP contribution in [0.15, 0.2) is 24.5 Å². The molecule has 1 aliphatic carbocycles. The topological polar surface area (TPSA) is 24.9 Å². The van der Waals surface area contributed by atoms with Crippen LogP contribution in [0.25, 0.3) is 0 Å². The van der Waals surface area contributed by atoms with Crippen molar-refractivity contribution in [3.05, 3.63) is 30.1 Å². The van der Waals surface area contributed by atoms with Crippen molar-refractivity contribution in [2.75, 3.05) is 0 Å². The largest absolute Gasteiger partial charge is 0.310 e. The SMILES string of the molecule is CC1CCCC(NCc2ccncc2)C1C. The van der Waals surface area contributed by atoms with Crippen LogP contribution in [0.5, 0.6) is 0 Å². The van der Waals surface area contributed by atoms with Crippen LogP contribution in [0, 0.1) is 11.8 Å². The molecule has 2 heteroatoms. The molecule has 0 aromatic carbocycles. The third kappa shape index (κ3) is 2.82. The summed E-state index contributed by atoms with van der Waals surface area (Å²) >= 11 is 0. The molecule has 0 radical (unpaired) electrons. The Labute approximate surface area is 98.5 Å². The summed E-state index contributed by atoms with van der Waals surface area (Å²) in [6.07, 6.45) is 7.83. The van der Waals surface area contributed by atoms with E-state index in [1.54, 1.807) is 0 Å². The number of hydrogen-bond acceptors (Lipinski definition) is 2. The van der Waals surface area contributed by atoms with Crippen LogP contribution >= 0.6 is 0 Å². The fourth-order valence-electron chi connectivity index (χ4n) is 2.62. The Bertz CT molecular complexity index is 310. The molecule has 1 fully saturated rings. The fourth-order valence-corrected chi connectivity index (χ4v) is 2.62. The average Bonchev–Trinajstić information content (AvgIpc) is 2.32. The number of nitrogens with one attached hydrogen (secondary N) is 1. The van der Waals surface area contributed by atoms with E-state index in [2.05, 4.69) is 36.3 Å². The van der Waals surface area contributed by atoms with E-state index < -0.39 is 0 Å². The first kappa shape index (κ1) is 11.6. The van der Waals surface area contributed by atoms with Gasteiger partial charge in [-0.05, 0) is 36.0 Å². The van der Waals surface area contributed by atoms with E-state index in [1.807, 2.05) is 12.4 Å². The van der Waals surface area contributed by atoms with Gasteiger partial charge in [-0.3, -0.25) is 4.98 Å². The van der Waals surface area contributed by atoms with Gasteiger partial charge in [0, 0.05) is 25.0 Å². The van der Waals surface area contributed by atoms with Crippen molar-refractivity contribution in [3.8, 4) is 0 Å². The Morgan fingerprint density at radius 1 is 1.25 bits per heavy atom. The molecule has 2 rings (SSSR count). The third-order valence-corrected chi connectivity index (χ3v) is 4.02. The molecular weight excluding hydrogens is 196 g/mol. The zero-order valence-corrected chi connectivity index (χ0v) is 10.3. The zero-order valence-electron chi connectivity index (χ0n) is 10.3. The Morgan fingerprint density at radius 2 is 2.00 bits per heavy atom. The van der Waals surface area contributed by atoms with E-state index in [4.69, 9.17) is 0 Å². The smallest absolute Gasteiger partial charge is 0.0271 e. The quantitative estimate of drug-likeness (QED) is 0.843. The van der Waals surface area contributed by atoms with Crippen molar-refractivity contribution in [2.24, 2.45) is 11.8 Å². The monoisotopic (exact) mass is 218 g/mol. The summed E-state index contributed by atoms with van der Waals surface area (Å²) in [6, 6.07) is 4.87. The normalized spacial score (nSPS) is 30.2. The van der Waals surface area contributed by atoms with Crippen LogP contribution in [0.1, 0.15) is 38.7 Å². The number of nitrogens with zero attached hydrogens (tertiary/aromatic N) is 1. The number of rotatable bonds is 3. The molecule has 0 spiro atoms. The van der Waals surface area contributed by atoms with Crippen LogP contribution in [-0.2, 0) is 6.54 Å². The van der Waals surface area contributed by atoms with Gasteiger partial charge in [0.1, 0.15) is 0 Å². The Hall–Kier alpha value is -0.890. The third-order valence-electron chi connectivity index (χ3n) is 4.02. The maximum absolute atomic E-state index is 4.04. The standard InChI is InChI=1S/C14H22N2/c1-11-4-3-5-14(12(11)2)16-10-13-6-8-15-9-7-13/h6-9,11-12,14,16H,3-5,10H2,1-2H3. The van der Waals surface area contributed by atoms with Crippen molar-refractivity contribution in [1.82, 2.24) is 10.3 Å². The first-order chi connectivity index (χ1) is 7.77. The van der Waals surface area contributed by atoms with E-state index >= 15 is 0 Å². The Kier molecular flexibility index (Phi) is 3.94. The molecule has 0 amide bonds. The summed E-state index contributed by atoms with van der Waals surface area (Å²) in [7, 11) is 0. The predicted molar refractivity (Wildman–Crippen MR) is 67.0 cm³/mol.